The van der Waals surface area contributed by atoms with E-state index in [0.29, 0.717) is 5.56 Å². The molecule has 0 aliphatic heterocycles. The summed E-state index contributed by atoms with van der Waals surface area (Å²) in [5.74, 6) is 0. The van der Waals surface area contributed by atoms with Crippen LogP contribution in [-0.4, -0.2) is 18.3 Å². The molecule has 19 aromatic rings. The molecule has 4 heterocycles. The molecule has 0 aliphatic carbocycles. The second-order valence-electron chi connectivity index (χ2n) is 42.8. The number of hydrogen-bond acceptors (Lipinski definition) is 0. The number of benzene rings is 15. The van der Waals surface area contributed by atoms with Gasteiger partial charge in [0.25, 0.3) is 0 Å². The Kier molecular flexibility index (Phi) is 21.2. The molecule has 0 radical (unpaired) electrons. The lowest BCUT2D eigenvalue weighted by Gasteiger charge is -2.27. The first-order valence-corrected chi connectivity index (χ1v) is 45.1. The summed E-state index contributed by atoms with van der Waals surface area (Å²) in [6.07, 6.45) is 0. The predicted molar refractivity (Wildman–Crippen MR) is 549 cm³/mol. The number of hydrogen-bond donors (Lipinski definition) is 0. The number of fused-ring (bicyclic) bond motifs is 12. The van der Waals surface area contributed by atoms with Crippen LogP contribution in [0.15, 0.2) is 340 Å². The van der Waals surface area contributed by atoms with Crippen molar-refractivity contribution in [1.82, 2.24) is 18.3 Å². The molecule has 0 spiro atoms. The summed E-state index contributed by atoms with van der Waals surface area (Å²) in [4.78, 5) is 0. The molecule has 126 heavy (non-hydrogen) atoms. The lowest BCUT2D eigenvalue weighted by Crippen LogP contribution is -2.18. The van der Waals surface area contributed by atoms with Gasteiger partial charge < -0.3 is 18.3 Å². The van der Waals surface area contributed by atoms with Crippen LogP contribution in [0.3, 0.4) is 0 Å². The monoisotopic (exact) mass is 1650 g/mol. The van der Waals surface area contributed by atoms with Crippen molar-refractivity contribution in [3.8, 4) is 56.1 Å². The van der Waals surface area contributed by atoms with E-state index in [2.05, 4.69) is 463 Å². The first-order valence-electron chi connectivity index (χ1n) is 47.6. The number of nitrogens with zero attached hydrogens (tertiary/aromatic N) is 4. The average Bonchev–Trinajstić information content (AvgIpc) is 1.59. The Bertz CT molecular complexity index is 7480. The summed E-state index contributed by atoms with van der Waals surface area (Å²) in [7, 11) is 0. The highest BCUT2D eigenvalue weighted by Crippen LogP contribution is 2.47. The van der Waals surface area contributed by atoms with Gasteiger partial charge in [0.05, 0.1) is 51.0 Å². The van der Waals surface area contributed by atoms with Crippen LogP contribution >= 0.6 is 0 Å². The summed E-state index contributed by atoms with van der Waals surface area (Å²) >= 11 is 0. The maximum atomic E-state index is 8.30. The fourth-order valence-electron chi connectivity index (χ4n) is 18.5. The molecule has 4 heteroatoms. The highest BCUT2D eigenvalue weighted by molar-refractivity contribution is 6.14. The topological polar surface area (TPSA) is 19.7 Å². The zero-order valence-corrected chi connectivity index (χ0v) is 78.7. The van der Waals surface area contributed by atoms with E-state index in [-0.39, 0.29) is 79.1 Å². The van der Waals surface area contributed by atoms with Gasteiger partial charge in [-0.3, -0.25) is 0 Å². The minimum Gasteiger partial charge on any atom is -0.309 e. The fraction of sp³-hybridized carbons (Fsp3) is 0.262. The number of para-hydroxylation sites is 8. The van der Waals surface area contributed by atoms with Gasteiger partial charge in [0, 0.05) is 65.8 Å². The molecule has 0 saturated heterocycles. The third kappa shape index (κ3) is 17.1. The minimum absolute atomic E-state index is 0.0422. The molecule has 15 aromatic carbocycles. The van der Waals surface area contributed by atoms with Crippen molar-refractivity contribution in [2.45, 2.75) is 209 Å². The summed E-state index contributed by atoms with van der Waals surface area (Å²) < 4.78 is 50.1. The quantitative estimate of drug-likeness (QED) is 0.152. The van der Waals surface area contributed by atoms with Crippen LogP contribution in [0.4, 0.5) is 0 Å². The average molecular weight is 1660 g/mol. The Morgan fingerprint density at radius 3 is 0.762 bits per heavy atom. The first-order chi connectivity index (χ1) is 61.7. The second kappa shape index (κ2) is 33.1. The van der Waals surface area contributed by atoms with E-state index in [1.807, 2.05) is 30.3 Å². The van der Waals surface area contributed by atoms with Crippen molar-refractivity contribution in [1.29, 1.82) is 0 Å². The molecule has 0 N–H and O–H groups in total. The molecule has 4 aromatic heterocycles. The van der Waals surface area contributed by atoms with E-state index < -0.39 is 0 Å². The lowest BCUT2D eigenvalue weighted by atomic mass is 9.78. The molecule has 0 bridgehead atoms. The Morgan fingerprint density at radius 2 is 0.452 bits per heavy atom. The molecule has 0 atom stereocenters. The third-order valence-corrected chi connectivity index (χ3v) is 25.2. The van der Waals surface area contributed by atoms with Gasteiger partial charge in [-0.05, 0) is 194 Å². The minimum atomic E-state index is -0.379. The molecular weight excluding hydrogens is 1520 g/mol. The molecule has 19 rings (SSSR count). The van der Waals surface area contributed by atoms with Crippen molar-refractivity contribution in [2.24, 2.45) is 0 Å². The van der Waals surface area contributed by atoms with E-state index in [0.717, 1.165) is 16.7 Å². The van der Waals surface area contributed by atoms with Gasteiger partial charge in [-0.25, -0.2) is 0 Å². The molecule has 0 unspecified atom stereocenters. The third-order valence-electron chi connectivity index (χ3n) is 25.2. The largest absolute Gasteiger partial charge is 0.309 e. The van der Waals surface area contributed by atoms with Crippen LogP contribution in [0, 0.1) is 0 Å². The fourth-order valence-corrected chi connectivity index (χ4v) is 18.5. The van der Waals surface area contributed by atoms with Crippen molar-refractivity contribution >= 4 is 87.2 Å². The highest BCUT2D eigenvalue weighted by atomic mass is 15.0. The van der Waals surface area contributed by atoms with E-state index in [9.17, 15) is 0 Å². The van der Waals surface area contributed by atoms with Crippen LogP contribution in [-0.2, 0) is 43.3 Å². The molecule has 0 aliphatic rings. The van der Waals surface area contributed by atoms with Crippen LogP contribution < -0.4 is 0 Å². The number of aromatic nitrogens is 4. The molecule has 636 valence electrons. The maximum Gasteiger partial charge on any atom is 0.0629 e. The van der Waals surface area contributed by atoms with Gasteiger partial charge >= 0.3 is 0 Å². The van der Waals surface area contributed by atoms with Gasteiger partial charge in [0.1, 0.15) is 0 Å². The van der Waals surface area contributed by atoms with Crippen molar-refractivity contribution in [3.63, 3.8) is 0 Å². The highest BCUT2D eigenvalue weighted by Gasteiger charge is 2.31. The standard InChI is InChI=1S/C36H41N.C30H37N.2C28H25N/c1-34(2,3)25-19-22-30(35(4,5)6)29(23-25)24-17-20-26(21-18-24)37-32-16-11-10-13-27(32)28-14-12-15-31(33(28)37)36(7,8)9;1-28(2,3)20-17-21(29(4,5)6)19-22(18-20)31-26-16-11-10-13-23(26)24-14-12-15-25(27(24)31)30(7,8)9;2*1-28(2,3)25-14-9-13-24-23-12-7-8-15-26(23)29(27(24)25)22-18-16-21(17-19-22)20-10-5-4-6-11-20/h10-23H,1-9H3;10-19H,1-9H3;2*4-19H,1-3H3/i;;4D,5D,6D,10D,11D;. The second-order valence-corrected chi connectivity index (χ2v) is 42.8. The van der Waals surface area contributed by atoms with Crippen LogP contribution in [0.5, 0.6) is 0 Å². The predicted octanol–water partition coefficient (Wildman–Crippen LogP) is 34.5. The summed E-state index contributed by atoms with van der Waals surface area (Å²) in [6, 6.07) is 111. The summed E-state index contributed by atoms with van der Waals surface area (Å²) in [5, 5.41) is 10.3. The molecular formula is C122H128N4. The van der Waals surface area contributed by atoms with E-state index in [1.165, 1.54) is 160 Å². The lowest BCUT2D eigenvalue weighted by molar-refractivity contribution is 0.567. The zero-order chi connectivity index (χ0) is 93.9. The maximum absolute atomic E-state index is 8.30. The van der Waals surface area contributed by atoms with E-state index >= 15 is 0 Å². The molecule has 0 fully saturated rings. The van der Waals surface area contributed by atoms with E-state index in [4.69, 9.17) is 6.85 Å². The zero-order valence-electron chi connectivity index (χ0n) is 83.7. The molecule has 0 saturated carbocycles. The van der Waals surface area contributed by atoms with Crippen LogP contribution in [0.2, 0.25) is 0 Å². The SMILES string of the molecule is CC(C)(C)c1cc(-n2c3ccccc3c3cccc(C(C)(C)C)c32)cc(C(C)(C)C)c1.CC(C)(C)c1ccc(C(C)(C)C)c(-c2ccc(-n3c4ccccc4c4cccc(C(C)(C)C)c43)cc2)c1.CC(C)(C)c1cccc2c3ccccc3n(-c3ccc(-c4ccccc4)cc3)c12.[2H]c1c([2H])c([2H])c(-c2ccc(-n3c4ccccc4c4cccc(C(C)(C)C)c43)cc2)c([2H])c1[2H]. The van der Waals surface area contributed by atoms with Gasteiger partial charge in [0.2, 0.25) is 0 Å². The van der Waals surface area contributed by atoms with Gasteiger partial charge in [-0.15, -0.1) is 0 Å². The Balaban J connectivity index is 0.000000128. The van der Waals surface area contributed by atoms with Gasteiger partial charge in [-0.1, -0.05) is 433 Å². The molecule has 4 nitrogen and oxygen atoms in total. The van der Waals surface area contributed by atoms with Crippen molar-refractivity contribution in [3.05, 3.63) is 384 Å². The van der Waals surface area contributed by atoms with Gasteiger partial charge in [-0.2, -0.15) is 0 Å². The van der Waals surface area contributed by atoms with Crippen molar-refractivity contribution in [2.75, 3.05) is 0 Å². The van der Waals surface area contributed by atoms with Crippen molar-refractivity contribution < 1.29 is 6.85 Å². The smallest absolute Gasteiger partial charge is 0.0629 e. The van der Waals surface area contributed by atoms with Crippen LogP contribution in [0.1, 0.15) is 218 Å². The number of rotatable bonds is 7. The normalized spacial score (nSPS) is 13.2. The van der Waals surface area contributed by atoms with E-state index in [1.54, 1.807) is 0 Å². The Labute approximate surface area is 757 Å². The summed E-state index contributed by atoms with van der Waals surface area (Å²) in [6.45, 7) is 55.1. The van der Waals surface area contributed by atoms with Gasteiger partial charge in [0.15, 0.2) is 0 Å². The summed E-state index contributed by atoms with van der Waals surface area (Å²) in [5.41, 5.74) is 31.9. The molecule has 0 amide bonds. The Hall–Kier alpha value is -12.5. The first kappa shape index (κ1) is 80.6. The Morgan fingerprint density at radius 1 is 0.183 bits per heavy atom. The van der Waals surface area contributed by atoms with Crippen LogP contribution in [0.25, 0.3) is 143 Å².